The SMILES string of the molecule is COc1cc2c(cc1OC1CCCC1)CCN1CC(CC(C)C)N(C)CC21. The summed E-state index contributed by atoms with van der Waals surface area (Å²) in [6, 6.07) is 5.71. The third-order valence-electron chi connectivity index (χ3n) is 6.76. The van der Waals surface area contributed by atoms with Crippen LogP contribution in [0.5, 0.6) is 11.5 Å². The van der Waals surface area contributed by atoms with E-state index in [4.69, 9.17) is 9.47 Å². The first kappa shape index (κ1) is 19.1. The van der Waals surface area contributed by atoms with Gasteiger partial charge in [-0.15, -0.1) is 0 Å². The number of piperazine rings is 1. The van der Waals surface area contributed by atoms with Crippen molar-refractivity contribution >= 4 is 0 Å². The van der Waals surface area contributed by atoms with E-state index in [9.17, 15) is 0 Å². The normalized spacial score (nSPS) is 26.9. The highest BCUT2D eigenvalue weighted by molar-refractivity contribution is 5.50. The molecule has 0 aromatic heterocycles. The van der Waals surface area contributed by atoms with Gasteiger partial charge in [0.05, 0.1) is 13.2 Å². The molecular formula is C23H36N2O2. The summed E-state index contributed by atoms with van der Waals surface area (Å²) in [6.45, 7) is 8.12. The van der Waals surface area contributed by atoms with Gasteiger partial charge in [-0.2, -0.15) is 0 Å². The molecule has 2 aliphatic heterocycles. The number of likely N-dealkylation sites (N-methyl/N-ethyl adjacent to an activating group) is 1. The molecule has 1 aliphatic carbocycles. The van der Waals surface area contributed by atoms with E-state index in [2.05, 4.69) is 42.8 Å². The third-order valence-corrected chi connectivity index (χ3v) is 6.76. The van der Waals surface area contributed by atoms with Crippen LogP contribution in [0.15, 0.2) is 12.1 Å². The molecule has 4 heteroatoms. The Morgan fingerprint density at radius 2 is 1.89 bits per heavy atom. The first-order valence-electron chi connectivity index (χ1n) is 10.9. The van der Waals surface area contributed by atoms with Crippen LogP contribution in [0.1, 0.15) is 63.1 Å². The predicted octanol–water partition coefficient (Wildman–Crippen LogP) is 4.28. The van der Waals surface area contributed by atoms with Crippen LogP contribution in [-0.4, -0.2) is 55.7 Å². The largest absolute Gasteiger partial charge is 0.493 e. The predicted molar refractivity (Wildman–Crippen MR) is 110 cm³/mol. The smallest absolute Gasteiger partial charge is 0.161 e. The van der Waals surface area contributed by atoms with Crippen molar-refractivity contribution in [2.75, 3.05) is 33.8 Å². The average molecular weight is 373 g/mol. The Balaban J connectivity index is 1.56. The Labute approximate surface area is 164 Å². The number of methoxy groups -OCH3 is 1. The molecule has 0 bridgehead atoms. The number of rotatable bonds is 5. The van der Waals surface area contributed by atoms with E-state index >= 15 is 0 Å². The summed E-state index contributed by atoms with van der Waals surface area (Å²) in [4.78, 5) is 5.28. The molecule has 2 atom stereocenters. The van der Waals surface area contributed by atoms with Crippen molar-refractivity contribution in [3.8, 4) is 11.5 Å². The van der Waals surface area contributed by atoms with Gasteiger partial charge in [0.1, 0.15) is 0 Å². The van der Waals surface area contributed by atoms with Gasteiger partial charge < -0.3 is 14.4 Å². The van der Waals surface area contributed by atoms with E-state index in [1.165, 1.54) is 49.8 Å². The van der Waals surface area contributed by atoms with Crippen molar-refractivity contribution in [3.63, 3.8) is 0 Å². The molecule has 2 unspecified atom stereocenters. The minimum Gasteiger partial charge on any atom is -0.493 e. The third kappa shape index (κ3) is 3.97. The fourth-order valence-corrected chi connectivity index (χ4v) is 5.26. The lowest BCUT2D eigenvalue weighted by molar-refractivity contribution is 0.0294. The quantitative estimate of drug-likeness (QED) is 0.770. The van der Waals surface area contributed by atoms with Gasteiger partial charge in [-0.1, -0.05) is 13.8 Å². The number of ether oxygens (including phenoxy) is 2. The Morgan fingerprint density at radius 3 is 2.59 bits per heavy atom. The van der Waals surface area contributed by atoms with E-state index < -0.39 is 0 Å². The molecule has 27 heavy (non-hydrogen) atoms. The number of fused-ring (bicyclic) bond motifs is 3. The fraction of sp³-hybridized carbons (Fsp3) is 0.739. The zero-order chi connectivity index (χ0) is 19.0. The van der Waals surface area contributed by atoms with Crippen LogP contribution in [-0.2, 0) is 6.42 Å². The van der Waals surface area contributed by atoms with Gasteiger partial charge in [0.25, 0.3) is 0 Å². The van der Waals surface area contributed by atoms with Crippen LogP contribution in [0.3, 0.4) is 0 Å². The molecule has 1 aromatic rings. The number of benzene rings is 1. The molecule has 0 radical (unpaired) electrons. The average Bonchev–Trinajstić information content (AvgIpc) is 3.14. The minimum absolute atomic E-state index is 0.370. The van der Waals surface area contributed by atoms with Gasteiger partial charge in [-0.3, -0.25) is 4.90 Å². The lowest BCUT2D eigenvalue weighted by atomic mass is 9.88. The summed E-state index contributed by atoms with van der Waals surface area (Å²) in [5.41, 5.74) is 2.91. The van der Waals surface area contributed by atoms with Crippen LogP contribution in [0.25, 0.3) is 0 Å². The Bertz CT molecular complexity index is 654. The number of hydrogen-bond donors (Lipinski definition) is 0. The van der Waals surface area contributed by atoms with Crippen molar-refractivity contribution in [2.24, 2.45) is 5.92 Å². The van der Waals surface area contributed by atoms with Crippen LogP contribution in [0.4, 0.5) is 0 Å². The fourth-order valence-electron chi connectivity index (χ4n) is 5.26. The zero-order valence-corrected chi connectivity index (χ0v) is 17.5. The van der Waals surface area contributed by atoms with Gasteiger partial charge in [0.2, 0.25) is 0 Å². The molecule has 0 amide bonds. The van der Waals surface area contributed by atoms with Crippen molar-refractivity contribution in [1.82, 2.24) is 9.80 Å². The number of nitrogens with zero attached hydrogens (tertiary/aromatic N) is 2. The molecule has 0 spiro atoms. The molecule has 0 N–H and O–H groups in total. The lowest BCUT2D eigenvalue weighted by Crippen LogP contribution is -2.55. The Kier molecular flexibility index (Phi) is 5.65. The lowest BCUT2D eigenvalue weighted by Gasteiger charge is -2.48. The molecule has 1 saturated carbocycles. The van der Waals surface area contributed by atoms with Crippen LogP contribution < -0.4 is 9.47 Å². The molecule has 2 heterocycles. The molecule has 1 aromatic carbocycles. The van der Waals surface area contributed by atoms with Crippen molar-refractivity contribution < 1.29 is 9.47 Å². The maximum absolute atomic E-state index is 6.33. The maximum Gasteiger partial charge on any atom is 0.161 e. The van der Waals surface area contributed by atoms with Gasteiger partial charge in [-0.05, 0) is 74.8 Å². The maximum atomic E-state index is 6.33. The summed E-state index contributed by atoms with van der Waals surface area (Å²) in [7, 11) is 4.07. The molecule has 4 nitrogen and oxygen atoms in total. The summed E-state index contributed by atoms with van der Waals surface area (Å²) in [5, 5.41) is 0. The molecular weight excluding hydrogens is 336 g/mol. The summed E-state index contributed by atoms with van der Waals surface area (Å²) in [5.74, 6) is 2.62. The highest BCUT2D eigenvalue weighted by atomic mass is 16.5. The topological polar surface area (TPSA) is 24.9 Å². The second-order valence-corrected chi connectivity index (χ2v) is 9.21. The molecule has 150 valence electrons. The van der Waals surface area contributed by atoms with E-state index in [0.717, 1.165) is 36.9 Å². The van der Waals surface area contributed by atoms with Gasteiger partial charge >= 0.3 is 0 Å². The molecule has 2 fully saturated rings. The first-order chi connectivity index (χ1) is 13.0. The minimum atomic E-state index is 0.370. The summed E-state index contributed by atoms with van der Waals surface area (Å²) < 4.78 is 12.1. The molecule has 1 saturated heterocycles. The second-order valence-electron chi connectivity index (χ2n) is 9.21. The number of hydrogen-bond acceptors (Lipinski definition) is 4. The summed E-state index contributed by atoms with van der Waals surface area (Å²) >= 11 is 0. The van der Waals surface area contributed by atoms with Gasteiger partial charge in [-0.25, -0.2) is 0 Å². The zero-order valence-electron chi connectivity index (χ0n) is 17.5. The molecule has 3 aliphatic rings. The summed E-state index contributed by atoms with van der Waals surface area (Å²) in [6.07, 6.45) is 7.71. The van der Waals surface area contributed by atoms with Gasteiger partial charge in [0, 0.05) is 31.7 Å². The van der Waals surface area contributed by atoms with Crippen molar-refractivity contribution in [1.29, 1.82) is 0 Å². The van der Waals surface area contributed by atoms with Crippen LogP contribution >= 0.6 is 0 Å². The molecule has 4 rings (SSSR count). The monoisotopic (exact) mass is 372 g/mol. The van der Waals surface area contributed by atoms with E-state index in [-0.39, 0.29) is 0 Å². The van der Waals surface area contributed by atoms with Gasteiger partial charge in [0.15, 0.2) is 11.5 Å². The Morgan fingerprint density at radius 1 is 1.11 bits per heavy atom. The van der Waals surface area contributed by atoms with E-state index in [1.54, 1.807) is 7.11 Å². The van der Waals surface area contributed by atoms with Crippen molar-refractivity contribution in [3.05, 3.63) is 23.3 Å². The highest BCUT2D eigenvalue weighted by Crippen LogP contribution is 2.41. The first-order valence-corrected chi connectivity index (χ1v) is 10.9. The Hall–Kier alpha value is -1.26. The van der Waals surface area contributed by atoms with E-state index in [0.29, 0.717) is 18.2 Å². The van der Waals surface area contributed by atoms with E-state index in [1.807, 2.05) is 0 Å². The highest BCUT2D eigenvalue weighted by Gasteiger charge is 2.37. The van der Waals surface area contributed by atoms with Crippen molar-refractivity contribution in [2.45, 2.75) is 70.6 Å². The standard InChI is InChI=1S/C23H36N2O2/c1-16(2)11-18-14-25-10-9-17-12-23(27-19-7-5-6-8-19)22(26-4)13-20(17)21(25)15-24(18)3/h12-13,16,18-19,21H,5-11,14-15H2,1-4H3. The second kappa shape index (κ2) is 8.00. The van der Waals surface area contributed by atoms with Crippen LogP contribution in [0.2, 0.25) is 0 Å². The van der Waals surface area contributed by atoms with Crippen LogP contribution in [0, 0.1) is 5.92 Å².